The van der Waals surface area contributed by atoms with Crippen molar-refractivity contribution in [2.24, 2.45) is 23.7 Å². The molecule has 0 aliphatic heterocycles. The van der Waals surface area contributed by atoms with E-state index in [0.717, 1.165) is 42.1 Å². The minimum absolute atomic E-state index is 0.708. The molecule has 0 amide bonds. The first-order chi connectivity index (χ1) is 13.1. The van der Waals surface area contributed by atoms with E-state index < -0.39 is 11.6 Å². The number of rotatable bonds is 8. The smallest absolute Gasteiger partial charge is 0.159 e. The van der Waals surface area contributed by atoms with Gasteiger partial charge in [-0.2, -0.15) is 0 Å². The lowest BCUT2D eigenvalue weighted by Gasteiger charge is -2.32. The molecule has 1 aromatic carbocycles. The van der Waals surface area contributed by atoms with Gasteiger partial charge in [0, 0.05) is 0 Å². The molecule has 2 fully saturated rings. The van der Waals surface area contributed by atoms with Crippen LogP contribution in [0.3, 0.4) is 0 Å². The number of hydrogen-bond acceptors (Lipinski definition) is 0. The summed E-state index contributed by atoms with van der Waals surface area (Å²) in [5.41, 5.74) is 0.940. The zero-order chi connectivity index (χ0) is 19.1. The maximum Gasteiger partial charge on any atom is 0.159 e. The second-order valence-electron chi connectivity index (χ2n) is 9.43. The first-order valence-corrected chi connectivity index (χ1v) is 11.6. The van der Waals surface area contributed by atoms with Gasteiger partial charge in [0.15, 0.2) is 11.6 Å². The molecule has 1 aromatic rings. The van der Waals surface area contributed by atoms with Crippen LogP contribution in [0.1, 0.15) is 96.0 Å². The molecule has 3 rings (SSSR count). The van der Waals surface area contributed by atoms with Gasteiger partial charge in [0.25, 0.3) is 0 Å². The summed E-state index contributed by atoms with van der Waals surface area (Å²) in [4.78, 5) is 0. The summed E-state index contributed by atoms with van der Waals surface area (Å²) < 4.78 is 26.3. The zero-order valence-corrected chi connectivity index (χ0v) is 17.2. The first kappa shape index (κ1) is 20.8. The summed E-state index contributed by atoms with van der Waals surface area (Å²) in [6.07, 6.45) is 19.1. The van der Waals surface area contributed by atoms with E-state index in [1.165, 1.54) is 89.2 Å². The summed E-state index contributed by atoms with van der Waals surface area (Å²) in [5.74, 6) is 2.30. The van der Waals surface area contributed by atoms with Gasteiger partial charge in [-0.1, -0.05) is 90.0 Å². The van der Waals surface area contributed by atoms with Crippen molar-refractivity contribution in [3.63, 3.8) is 0 Å². The molecule has 0 atom stereocenters. The van der Waals surface area contributed by atoms with Crippen molar-refractivity contribution in [1.29, 1.82) is 0 Å². The van der Waals surface area contributed by atoms with Crippen LogP contribution in [0.5, 0.6) is 0 Å². The molecule has 0 unspecified atom stereocenters. The third-order valence-electron chi connectivity index (χ3n) is 7.44. The fourth-order valence-electron chi connectivity index (χ4n) is 5.56. The Morgan fingerprint density at radius 2 is 1.15 bits per heavy atom. The Labute approximate surface area is 165 Å². The molecule has 2 aliphatic rings. The van der Waals surface area contributed by atoms with Gasteiger partial charge in [-0.25, -0.2) is 8.78 Å². The van der Waals surface area contributed by atoms with Crippen molar-refractivity contribution in [1.82, 2.24) is 0 Å². The molecule has 0 nitrogen and oxygen atoms in total. The van der Waals surface area contributed by atoms with E-state index in [-0.39, 0.29) is 0 Å². The van der Waals surface area contributed by atoms with Crippen LogP contribution in [0.2, 0.25) is 0 Å². The Balaban J connectivity index is 1.29. The van der Waals surface area contributed by atoms with E-state index in [2.05, 4.69) is 6.92 Å². The average Bonchev–Trinajstić information content (AvgIpc) is 2.69. The van der Waals surface area contributed by atoms with Gasteiger partial charge in [0.2, 0.25) is 0 Å². The van der Waals surface area contributed by atoms with Gasteiger partial charge in [0.05, 0.1) is 0 Å². The molecule has 0 saturated heterocycles. The minimum atomic E-state index is -0.738. The number of aryl methyl sites for hydroxylation is 1. The highest BCUT2D eigenvalue weighted by atomic mass is 19.2. The predicted molar refractivity (Wildman–Crippen MR) is 110 cm³/mol. The fraction of sp³-hybridized carbons (Fsp3) is 0.760. The topological polar surface area (TPSA) is 0 Å². The van der Waals surface area contributed by atoms with Crippen LogP contribution in [-0.2, 0) is 6.42 Å². The third-order valence-corrected chi connectivity index (χ3v) is 7.44. The van der Waals surface area contributed by atoms with Gasteiger partial charge in [-0.15, -0.1) is 0 Å². The molecule has 2 heteroatoms. The second kappa shape index (κ2) is 10.6. The minimum Gasteiger partial charge on any atom is -0.204 e. The summed E-state index contributed by atoms with van der Waals surface area (Å²) in [7, 11) is 0. The maximum absolute atomic E-state index is 13.3. The SMILES string of the molecule is CCC[C@H]1CC[C@H](CC[C@H]2CC[C@H](CCc3ccc(F)c(F)c3)CC2)CC1. The van der Waals surface area contributed by atoms with Crippen LogP contribution in [0.15, 0.2) is 18.2 Å². The van der Waals surface area contributed by atoms with Crippen molar-refractivity contribution < 1.29 is 8.78 Å². The molecule has 152 valence electrons. The zero-order valence-electron chi connectivity index (χ0n) is 17.2. The van der Waals surface area contributed by atoms with Crippen LogP contribution in [0.25, 0.3) is 0 Å². The van der Waals surface area contributed by atoms with E-state index in [1.807, 2.05) is 0 Å². The quantitative estimate of drug-likeness (QED) is 0.430. The lowest BCUT2D eigenvalue weighted by molar-refractivity contribution is 0.209. The van der Waals surface area contributed by atoms with Gasteiger partial charge >= 0.3 is 0 Å². The van der Waals surface area contributed by atoms with Crippen LogP contribution in [0, 0.1) is 35.3 Å². The average molecular weight is 377 g/mol. The summed E-state index contributed by atoms with van der Waals surface area (Å²) in [6, 6.07) is 4.37. The maximum atomic E-state index is 13.3. The van der Waals surface area contributed by atoms with E-state index >= 15 is 0 Å². The monoisotopic (exact) mass is 376 g/mol. The fourth-order valence-corrected chi connectivity index (χ4v) is 5.56. The Morgan fingerprint density at radius 1 is 0.667 bits per heavy atom. The predicted octanol–water partition coefficient (Wildman–Crippen LogP) is 8.09. The molecule has 2 saturated carbocycles. The highest BCUT2D eigenvalue weighted by molar-refractivity contribution is 5.17. The van der Waals surface area contributed by atoms with Crippen LogP contribution in [0.4, 0.5) is 8.78 Å². The molecule has 0 bridgehead atoms. The molecule has 0 heterocycles. The number of hydrogen-bond donors (Lipinski definition) is 0. The van der Waals surface area contributed by atoms with E-state index in [4.69, 9.17) is 0 Å². The van der Waals surface area contributed by atoms with Crippen LogP contribution >= 0.6 is 0 Å². The summed E-state index contributed by atoms with van der Waals surface area (Å²) in [5, 5.41) is 0. The Hall–Kier alpha value is -0.920. The Bertz CT molecular complexity index is 551. The molecule has 0 aromatic heterocycles. The van der Waals surface area contributed by atoms with E-state index in [1.54, 1.807) is 6.07 Å². The third kappa shape index (κ3) is 6.57. The summed E-state index contributed by atoms with van der Waals surface area (Å²) in [6.45, 7) is 2.32. The molecule has 0 spiro atoms. The standard InChI is InChI=1S/C25H38F2/c1-2-3-19-4-6-20(7-5-19)8-9-21-10-12-22(13-11-21)14-15-23-16-17-24(26)25(27)18-23/h16-22H,2-15H2,1H3/t19-,20-,21-,22-. The first-order valence-electron chi connectivity index (χ1n) is 11.6. The van der Waals surface area contributed by atoms with Gasteiger partial charge in [0.1, 0.15) is 0 Å². The van der Waals surface area contributed by atoms with Crippen LogP contribution < -0.4 is 0 Å². The molecule has 2 aliphatic carbocycles. The lowest BCUT2D eigenvalue weighted by Crippen LogP contribution is -2.18. The van der Waals surface area contributed by atoms with Crippen molar-refractivity contribution in [3.8, 4) is 0 Å². The van der Waals surface area contributed by atoms with Gasteiger partial charge in [-0.05, 0) is 54.2 Å². The molecule has 27 heavy (non-hydrogen) atoms. The highest BCUT2D eigenvalue weighted by Crippen LogP contribution is 2.38. The van der Waals surface area contributed by atoms with Crippen LogP contribution in [-0.4, -0.2) is 0 Å². The molecule has 0 N–H and O–H groups in total. The van der Waals surface area contributed by atoms with Crippen molar-refractivity contribution in [2.45, 2.75) is 96.8 Å². The van der Waals surface area contributed by atoms with E-state index in [0.29, 0.717) is 0 Å². The number of halogens is 2. The Kier molecular flexibility index (Phi) is 8.15. The van der Waals surface area contributed by atoms with Crippen molar-refractivity contribution in [3.05, 3.63) is 35.4 Å². The number of benzene rings is 1. The van der Waals surface area contributed by atoms with Gasteiger partial charge in [-0.3, -0.25) is 0 Å². The van der Waals surface area contributed by atoms with Crippen molar-refractivity contribution >= 4 is 0 Å². The van der Waals surface area contributed by atoms with E-state index in [9.17, 15) is 8.78 Å². The molecular weight excluding hydrogens is 338 g/mol. The normalized spacial score (nSPS) is 29.0. The second-order valence-corrected chi connectivity index (χ2v) is 9.43. The largest absolute Gasteiger partial charge is 0.204 e. The van der Waals surface area contributed by atoms with Crippen molar-refractivity contribution in [2.75, 3.05) is 0 Å². The molecular formula is C25H38F2. The summed E-state index contributed by atoms with van der Waals surface area (Å²) >= 11 is 0. The highest BCUT2D eigenvalue weighted by Gasteiger charge is 2.24. The van der Waals surface area contributed by atoms with Gasteiger partial charge < -0.3 is 0 Å². The lowest BCUT2D eigenvalue weighted by atomic mass is 9.74. The Morgan fingerprint density at radius 3 is 1.63 bits per heavy atom. The molecule has 0 radical (unpaired) electrons.